The molecule has 3 rings (SSSR count). The molecule has 3 aromatic rings. The van der Waals surface area contributed by atoms with Gasteiger partial charge in [0.15, 0.2) is 0 Å². The molecule has 3 N–H and O–H groups in total. The molecule has 1 aromatic heterocycles. The molecule has 0 radical (unpaired) electrons. The second kappa shape index (κ2) is 10.9. The highest BCUT2D eigenvalue weighted by molar-refractivity contribution is 7.98. The van der Waals surface area contributed by atoms with Crippen LogP contribution in [0.3, 0.4) is 0 Å². The van der Waals surface area contributed by atoms with Crippen molar-refractivity contribution < 1.29 is 9.59 Å². The Balaban J connectivity index is 1.65. The van der Waals surface area contributed by atoms with Crippen molar-refractivity contribution in [1.29, 1.82) is 0 Å². The first-order valence-electron chi connectivity index (χ1n) is 9.91. The van der Waals surface area contributed by atoms with Gasteiger partial charge in [-0.3, -0.25) is 10.1 Å². The largest absolute Gasteiger partial charge is 0.326 e. The molecule has 0 saturated heterocycles. The third-order valence-electron chi connectivity index (χ3n) is 4.81. The van der Waals surface area contributed by atoms with Gasteiger partial charge in [-0.1, -0.05) is 61.9 Å². The number of anilines is 2. The second-order valence-electron chi connectivity index (χ2n) is 6.96. The molecule has 0 aliphatic heterocycles. The van der Waals surface area contributed by atoms with Gasteiger partial charge in [0, 0.05) is 16.1 Å². The Bertz CT molecular complexity index is 1010. The first kappa shape index (κ1) is 22.8. The minimum absolute atomic E-state index is 0.0638. The molecule has 7 nitrogen and oxygen atoms in total. The van der Waals surface area contributed by atoms with Gasteiger partial charge in [-0.2, -0.15) is 0 Å². The number of carbonyl (C=O) groups excluding carboxylic acids is 2. The molecular weight excluding hydrogens is 430 g/mol. The van der Waals surface area contributed by atoms with Gasteiger partial charge in [-0.25, -0.2) is 4.79 Å². The molecule has 31 heavy (non-hydrogen) atoms. The Labute approximate surface area is 190 Å². The van der Waals surface area contributed by atoms with Gasteiger partial charge in [-0.05, 0) is 36.4 Å². The maximum absolute atomic E-state index is 12.9. The van der Waals surface area contributed by atoms with E-state index < -0.39 is 12.1 Å². The number of benzene rings is 2. The summed E-state index contributed by atoms with van der Waals surface area (Å²) in [5, 5.41) is 17.7. The van der Waals surface area contributed by atoms with E-state index in [1.807, 2.05) is 74.7 Å². The molecule has 0 bridgehead atoms. The lowest BCUT2D eigenvalue weighted by Crippen LogP contribution is -2.49. The monoisotopic (exact) mass is 455 g/mol. The van der Waals surface area contributed by atoms with Crippen molar-refractivity contribution >= 4 is 45.9 Å². The fourth-order valence-corrected chi connectivity index (χ4v) is 4.00. The molecule has 1 heterocycles. The quantitative estimate of drug-likeness (QED) is 0.411. The molecule has 0 unspecified atom stereocenters. The summed E-state index contributed by atoms with van der Waals surface area (Å²) in [6.45, 7) is 3.90. The van der Waals surface area contributed by atoms with E-state index in [1.54, 1.807) is 11.8 Å². The number of hydrogen-bond donors (Lipinski definition) is 3. The summed E-state index contributed by atoms with van der Waals surface area (Å²) in [5.41, 5.74) is 1.60. The van der Waals surface area contributed by atoms with E-state index in [1.165, 1.54) is 11.3 Å². The van der Waals surface area contributed by atoms with Crippen LogP contribution < -0.4 is 16.0 Å². The first-order valence-corrected chi connectivity index (χ1v) is 12.0. The predicted octanol–water partition coefficient (Wildman–Crippen LogP) is 5.10. The number of aromatic nitrogens is 2. The van der Waals surface area contributed by atoms with Crippen molar-refractivity contribution in [2.24, 2.45) is 5.92 Å². The minimum atomic E-state index is -0.709. The number of hydrogen-bond acceptors (Lipinski definition) is 6. The lowest BCUT2D eigenvalue weighted by Gasteiger charge is -2.23. The summed E-state index contributed by atoms with van der Waals surface area (Å²) in [6.07, 6.45) is 2.72. The van der Waals surface area contributed by atoms with Crippen LogP contribution in [-0.2, 0) is 4.79 Å². The third-order valence-corrected chi connectivity index (χ3v) is 6.44. The van der Waals surface area contributed by atoms with E-state index >= 15 is 0 Å². The molecule has 0 spiro atoms. The van der Waals surface area contributed by atoms with Crippen molar-refractivity contribution in [2.75, 3.05) is 16.9 Å². The number of thioether (sulfide) groups is 1. The summed E-state index contributed by atoms with van der Waals surface area (Å²) in [5.74, 6) is -0.385. The second-order valence-corrected chi connectivity index (χ2v) is 8.81. The van der Waals surface area contributed by atoms with Gasteiger partial charge in [0.25, 0.3) is 0 Å². The van der Waals surface area contributed by atoms with Crippen molar-refractivity contribution in [2.45, 2.75) is 31.2 Å². The Morgan fingerprint density at radius 3 is 2.39 bits per heavy atom. The number of nitrogens with one attached hydrogen (secondary N) is 3. The standard InChI is InChI=1S/C22H25N5O2S2/c1-4-14(2)18(24-21(29)23-16-10-12-17(30-3)13-11-16)19(28)25-22-27-26-20(31-22)15-8-6-5-7-9-15/h5-14,18H,4H2,1-3H3,(H2,23,24,29)(H,25,27,28)/t14-,18+/m0/s1. The van der Waals surface area contributed by atoms with Crippen LogP contribution in [-0.4, -0.2) is 34.4 Å². The smallest absolute Gasteiger partial charge is 0.319 e. The van der Waals surface area contributed by atoms with Crippen molar-refractivity contribution in [3.05, 3.63) is 54.6 Å². The maximum atomic E-state index is 12.9. The number of urea groups is 1. The predicted molar refractivity (Wildman–Crippen MR) is 128 cm³/mol. The molecule has 2 aromatic carbocycles. The molecule has 2 atom stereocenters. The zero-order valence-corrected chi connectivity index (χ0v) is 19.2. The molecule has 9 heteroatoms. The van der Waals surface area contributed by atoms with Crippen LogP contribution in [0.1, 0.15) is 20.3 Å². The number of amides is 3. The lowest BCUT2D eigenvalue weighted by atomic mass is 9.98. The first-order chi connectivity index (χ1) is 15.0. The SMILES string of the molecule is CC[C@H](C)[C@@H](NC(=O)Nc1ccc(SC)cc1)C(=O)Nc1nnc(-c2ccccc2)s1. The topological polar surface area (TPSA) is 96.0 Å². The highest BCUT2D eigenvalue weighted by Gasteiger charge is 2.27. The van der Waals surface area contributed by atoms with Gasteiger partial charge >= 0.3 is 6.03 Å². The van der Waals surface area contributed by atoms with E-state index in [9.17, 15) is 9.59 Å². The molecule has 162 valence electrons. The fraction of sp³-hybridized carbons (Fsp3) is 0.273. The Kier molecular flexibility index (Phi) is 8.02. The van der Waals surface area contributed by atoms with Crippen LogP contribution in [0.2, 0.25) is 0 Å². The fourth-order valence-electron chi connectivity index (χ4n) is 2.84. The third kappa shape index (κ3) is 6.28. The van der Waals surface area contributed by atoms with Crippen LogP contribution >= 0.6 is 23.1 Å². The Morgan fingerprint density at radius 2 is 1.74 bits per heavy atom. The molecule has 0 aliphatic rings. The maximum Gasteiger partial charge on any atom is 0.319 e. The van der Waals surface area contributed by atoms with Crippen LogP contribution in [0.15, 0.2) is 59.5 Å². The molecule has 3 amide bonds. The summed E-state index contributed by atoms with van der Waals surface area (Å²) >= 11 is 2.92. The van der Waals surface area contributed by atoms with Crippen LogP contribution in [0.5, 0.6) is 0 Å². The average molecular weight is 456 g/mol. The molecule has 0 aliphatic carbocycles. The Morgan fingerprint density at radius 1 is 1.03 bits per heavy atom. The zero-order chi connectivity index (χ0) is 22.2. The van der Waals surface area contributed by atoms with E-state index in [4.69, 9.17) is 0 Å². The summed E-state index contributed by atoms with van der Waals surface area (Å²) in [6, 6.07) is 16.0. The molecular formula is C22H25N5O2S2. The summed E-state index contributed by atoms with van der Waals surface area (Å²) < 4.78 is 0. The van der Waals surface area contributed by atoms with Crippen molar-refractivity contribution in [3.8, 4) is 10.6 Å². The molecule has 0 fully saturated rings. The van der Waals surface area contributed by atoms with Crippen LogP contribution in [0.4, 0.5) is 15.6 Å². The van der Waals surface area contributed by atoms with Crippen LogP contribution in [0.25, 0.3) is 10.6 Å². The van der Waals surface area contributed by atoms with Gasteiger partial charge in [0.2, 0.25) is 11.0 Å². The number of rotatable bonds is 8. The van der Waals surface area contributed by atoms with Crippen molar-refractivity contribution in [3.63, 3.8) is 0 Å². The lowest BCUT2D eigenvalue weighted by molar-refractivity contribution is -0.119. The summed E-state index contributed by atoms with van der Waals surface area (Å²) in [4.78, 5) is 26.5. The molecule has 0 saturated carbocycles. The number of carbonyl (C=O) groups is 2. The van der Waals surface area contributed by atoms with Gasteiger partial charge in [0.1, 0.15) is 11.0 Å². The van der Waals surface area contributed by atoms with Gasteiger partial charge in [-0.15, -0.1) is 22.0 Å². The van der Waals surface area contributed by atoms with Gasteiger partial charge in [0.05, 0.1) is 0 Å². The highest BCUT2D eigenvalue weighted by Crippen LogP contribution is 2.26. The van der Waals surface area contributed by atoms with E-state index in [2.05, 4.69) is 26.1 Å². The number of nitrogens with zero attached hydrogens (tertiary/aromatic N) is 2. The van der Waals surface area contributed by atoms with E-state index in [-0.39, 0.29) is 11.8 Å². The van der Waals surface area contributed by atoms with Crippen LogP contribution in [0, 0.1) is 5.92 Å². The van der Waals surface area contributed by atoms with E-state index in [0.29, 0.717) is 10.8 Å². The summed E-state index contributed by atoms with van der Waals surface area (Å²) in [7, 11) is 0. The van der Waals surface area contributed by atoms with Gasteiger partial charge < -0.3 is 10.6 Å². The highest BCUT2D eigenvalue weighted by atomic mass is 32.2. The Hall–Kier alpha value is -2.91. The van der Waals surface area contributed by atoms with Crippen molar-refractivity contribution in [1.82, 2.24) is 15.5 Å². The minimum Gasteiger partial charge on any atom is -0.326 e. The van der Waals surface area contributed by atoms with E-state index in [0.717, 1.165) is 21.9 Å². The average Bonchev–Trinajstić information content (AvgIpc) is 3.26. The normalized spacial score (nSPS) is 12.6. The zero-order valence-electron chi connectivity index (χ0n) is 17.6.